The molecule has 4 aromatic rings. The molecule has 9 heteroatoms. The zero-order chi connectivity index (χ0) is 25.1. The first-order chi connectivity index (χ1) is 16.8. The number of hydrogen-bond acceptors (Lipinski definition) is 5. The summed E-state index contributed by atoms with van der Waals surface area (Å²) >= 11 is 6.18. The average Bonchev–Trinajstić information content (AvgIpc) is 3.32. The van der Waals surface area contributed by atoms with E-state index in [2.05, 4.69) is 10.1 Å². The molecule has 6 nitrogen and oxygen atoms in total. The lowest BCUT2D eigenvalue weighted by Crippen LogP contribution is -2.25. The minimum Gasteiger partial charge on any atom is -0.480 e. The zero-order valence-electron chi connectivity index (χ0n) is 19.1. The van der Waals surface area contributed by atoms with E-state index in [1.165, 1.54) is 17.0 Å². The van der Waals surface area contributed by atoms with Gasteiger partial charge in [0, 0.05) is 28.8 Å². The van der Waals surface area contributed by atoms with Crippen LogP contribution >= 0.6 is 11.6 Å². The molecule has 35 heavy (non-hydrogen) atoms. The van der Waals surface area contributed by atoms with Gasteiger partial charge < -0.3 is 9.63 Å². The molecule has 0 unspecified atom stereocenters. The number of benzene rings is 3. The SMILES string of the molecule is CCc1cc(-c2nc(-c3ccc(CN(C)CC(=O)O)c(F)c3)no2)ccc1-c1cccc(F)c1Cl. The lowest BCUT2D eigenvalue weighted by molar-refractivity contribution is -0.138. The van der Waals surface area contributed by atoms with Crippen LogP contribution in [0.3, 0.4) is 0 Å². The third-order valence-electron chi connectivity index (χ3n) is 5.56. The molecule has 0 saturated heterocycles. The summed E-state index contributed by atoms with van der Waals surface area (Å²) in [5, 5.41) is 12.9. The van der Waals surface area contributed by atoms with E-state index in [9.17, 15) is 13.6 Å². The van der Waals surface area contributed by atoms with Gasteiger partial charge in [0.15, 0.2) is 0 Å². The highest BCUT2D eigenvalue weighted by Crippen LogP contribution is 2.35. The quantitative estimate of drug-likeness (QED) is 0.318. The molecule has 0 aliphatic heterocycles. The first-order valence-corrected chi connectivity index (χ1v) is 11.2. The van der Waals surface area contributed by atoms with Crippen LogP contribution in [-0.4, -0.2) is 39.7 Å². The number of carboxylic acid groups (broad SMARTS) is 1. The van der Waals surface area contributed by atoms with Gasteiger partial charge in [-0.25, -0.2) is 8.78 Å². The molecule has 1 aromatic heterocycles. The topological polar surface area (TPSA) is 79.5 Å². The van der Waals surface area contributed by atoms with Gasteiger partial charge in [-0.05, 0) is 48.9 Å². The molecule has 3 aromatic carbocycles. The van der Waals surface area contributed by atoms with E-state index in [1.54, 1.807) is 37.4 Å². The summed E-state index contributed by atoms with van der Waals surface area (Å²) in [4.78, 5) is 16.7. The van der Waals surface area contributed by atoms with E-state index >= 15 is 0 Å². The van der Waals surface area contributed by atoms with Crippen molar-refractivity contribution in [2.45, 2.75) is 19.9 Å². The summed E-state index contributed by atoms with van der Waals surface area (Å²) in [7, 11) is 1.60. The van der Waals surface area contributed by atoms with Gasteiger partial charge in [-0.2, -0.15) is 4.98 Å². The summed E-state index contributed by atoms with van der Waals surface area (Å²) in [5.74, 6) is -1.47. The van der Waals surface area contributed by atoms with Gasteiger partial charge in [-0.1, -0.05) is 54.0 Å². The van der Waals surface area contributed by atoms with E-state index in [0.29, 0.717) is 28.7 Å². The zero-order valence-corrected chi connectivity index (χ0v) is 19.8. The van der Waals surface area contributed by atoms with Crippen LogP contribution in [0, 0.1) is 11.6 Å². The molecule has 0 atom stereocenters. The van der Waals surface area contributed by atoms with Crippen LogP contribution in [0.15, 0.2) is 59.1 Å². The lowest BCUT2D eigenvalue weighted by atomic mass is 9.96. The molecular formula is C26H22ClF2N3O3. The standard InChI is InChI=1S/C26H22ClF2N3O3/c1-3-15-11-17(9-10-19(15)20-5-4-6-21(28)24(20)27)26-30-25(31-35-26)16-7-8-18(22(29)12-16)13-32(2)14-23(33)34/h4-12H,3,13-14H2,1-2H3,(H,33,34). The molecule has 1 heterocycles. The van der Waals surface area contributed by atoms with Gasteiger partial charge in [0.2, 0.25) is 5.82 Å². The van der Waals surface area contributed by atoms with Crippen molar-refractivity contribution in [3.05, 3.63) is 82.4 Å². The van der Waals surface area contributed by atoms with E-state index in [4.69, 9.17) is 21.2 Å². The fourth-order valence-electron chi connectivity index (χ4n) is 3.84. The van der Waals surface area contributed by atoms with E-state index in [0.717, 1.165) is 11.1 Å². The molecule has 0 aliphatic rings. The monoisotopic (exact) mass is 497 g/mol. The molecule has 0 saturated carbocycles. The number of carbonyl (C=O) groups is 1. The predicted octanol–water partition coefficient (Wildman–Crippen LogP) is 6.08. The van der Waals surface area contributed by atoms with Crippen LogP contribution < -0.4 is 0 Å². The average molecular weight is 498 g/mol. The molecule has 0 bridgehead atoms. The Balaban J connectivity index is 1.59. The van der Waals surface area contributed by atoms with Crippen LogP contribution in [0.25, 0.3) is 34.0 Å². The van der Waals surface area contributed by atoms with Crippen molar-refractivity contribution in [2.24, 2.45) is 0 Å². The maximum Gasteiger partial charge on any atom is 0.317 e. The highest BCUT2D eigenvalue weighted by molar-refractivity contribution is 6.33. The van der Waals surface area contributed by atoms with Crippen molar-refractivity contribution in [2.75, 3.05) is 13.6 Å². The maximum atomic E-state index is 14.6. The predicted molar refractivity (Wildman–Crippen MR) is 129 cm³/mol. The minimum atomic E-state index is -0.984. The van der Waals surface area contributed by atoms with E-state index in [1.807, 2.05) is 19.1 Å². The number of aromatic nitrogens is 2. The van der Waals surface area contributed by atoms with Crippen LogP contribution in [-0.2, 0) is 17.8 Å². The minimum absolute atomic E-state index is 0.0645. The van der Waals surface area contributed by atoms with Crippen molar-refractivity contribution in [3.8, 4) is 34.0 Å². The number of likely N-dealkylation sites (N-methyl/N-ethyl adjacent to an activating group) is 1. The highest BCUT2D eigenvalue weighted by Gasteiger charge is 2.17. The second-order valence-corrected chi connectivity index (χ2v) is 8.50. The van der Waals surface area contributed by atoms with Crippen LogP contribution in [0.5, 0.6) is 0 Å². The summed E-state index contributed by atoms with van der Waals surface area (Å²) in [6, 6.07) is 14.7. The van der Waals surface area contributed by atoms with Crippen LogP contribution in [0.1, 0.15) is 18.1 Å². The molecule has 0 amide bonds. The molecular weight excluding hydrogens is 476 g/mol. The fourth-order valence-corrected chi connectivity index (χ4v) is 4.07. The van der Waals surface area contributed by atoms with Crippen molar-refractivity contribution < 1.29 is 23.2 Å². The molecule has 0 spiro atoms. The number of hydrogen-bond donors (Lipinski definition) is 1. The summed E-state index contributed by atoms with van der Waals surface area (Å²) in [6.07, 6.45) is 0.667. The smallest absolute Gasteiger partial charge is 0.317 e. The number of aryl methyl sites for hydroxylation is 1. The normalized spacial score (nSPS) is 11.3. The third-order valence-corrected chi connectivity index (χ3v) is 5.94. The van der Waals surface area contributed by atoms with Crippen molar-refractivity contribution >= 4 is 17.6 Å². The maximum absolute atomic E-state index is 14.6. The molecule has 0 fully saturated rings. The van der Waals surface area contributed by atoms with Gasteiger partial charge in [0.25, 0.3) is 5.89 Å². The summed E-state index contributed by atoms with van der Waals surface area (Å²) < 4.78 is 34.0. The lowest BCUT2D eigenvalue weighted by Gasteiger charge is -2.14. The number of aliphatic carboxylic acids is 1. The molecule has 1 N–H and O–H groups in total. The summed E-state index contributed by atoms with van der Waals surface area (Å²) in [6.45, 7) is 1.93. The Morgan fingerprint density at radius 3 is 2.51 bits per heavy atom. The molecule has 4 rings (SSSR count). The molecule has 180 valence electrons. The molecule has 0 aliphatic carbocycles. The van der Waals surface area contributed by atoms with Crippen LogP contribution in [0.2, 0.25) is 5.02 Å². The fraction of sp³-hybridized carbons (Fsp3) is 0.192. The third kappa shape index (κ3) is 5.39. The van der Waals surface area contributed by atoms with Crippen molar-refractivity contribution in [1.29, 1.82) is 0 Å². The Morgan fingerprint density at radius 1 is 1.03 bits per heavy atom. The first kappa shape index (κ1) is 24.5. The Kier molecular flexibility index (Phi) is 7.23. The van der Waals surface area contributed by atoms with Gasteiger partial charge >= 0.3 is 5.97 Å². The second kappa shape index (κ2) is 10.3. The highest BCUT2D eigenvalue weighted by atomic mass is 35.5. The van der Waals surface area contributed by atoms with Crippen molar-refractivity contribution in [3.63, 3.8) is 0 Å². The van der Waals surface area contributed by atoms with E-state index < -0.39 is 17.6 Å². The largest absolute Gasteiger partial charge is 0.480 e. The Hall–Kier alpha value is -3.62. The van der Waals surface area contributed by atoms with E-state index in [-0.39, 0.29) is 29.8 Å². The van der Waals surface area contributed by atoms with Gasteiger partial charge in [0.05, 0.1) is 11.6 Å². The van der Waals surface area contributed by atoms with Crippen LogP contribution in [0.4, 0.5) is 8.78 Å². The van der Waals surface area contributed by atoms with Gasteiger partial charge in [0.1, 0.15) is 11.6 Å². The summed E-state index contributed by atoms with van der Waals surface area (Å²) in [5.41, 5.74) is 3.80. The Labute approximate surface area is 205 Å². The second-order valence-electron chi connectivity index (χ2n) is 8.12. The Bertz CT molecular complexity index is 1390. The number of halogens is 3. The number of nitrogens with zero attached hydrogens (tertiary/aromatic N) is 3. The number of carboxylic acids is 1. The van der Waals surface area contributed by atoms with Crippen molar-refractivity contribution in [1.82, 2.24) is 15.0 Å². The number of rotatable bonds is 8. The first-order valence-electron chi connectivity index (χ1n) is 10.9. The van der Waals surface area contributed by atoms with Gasteiger partial charge in [-0.3, -0.25) is 9.69 Å². The van der Waals surface area contributed by atoms with Gasteiger partial charge in [-0.15, -0.1) is 0 Å². The molecule has 0 radical (unpaired) electrons. The Morgan fingerprint density at radius 2 is 1.80 bits per heavy atom.